The molecule has 24 heavy (non-hydrogen) atoms. The van der Waals surface area contributed by atoms with E-state index in [1.807, 2.05) is 5.10 Å². The fraction of sp³-hybridized carbons (Fsp3) is 0.300. The Bertz CT molecular complexity index is 712. The summed E-state index contributed by atoms with van der Waals surface area (Å²) in [5.41, 5.74) is -1.36. The number of alkyl halides is 6. The average molecular weight is 357 g/mol. The molecule has 1 N–H and O–H groups in total. The molecule has 0 atom stereocenters. The Kier molecular flexibility index (Phi) is 5.02. The number of H-pyrrole nitrogens is 1. The molecule has 0 radical (unpaired) electrons. The zero-order chi connectivity index (χ0) is 17.9. The first-order valence-corrected chi connectivity index (χ1v) is 5.74. The van der Waals surface area contributed by atoms with E-state index in [0.29, 0.717) is 10.9 Å². The fourth-order valence-electron chi connectivity index (χ4n) is 1.58. The minimum absolute atomic E-state index is 0.495. The van der Waals surface area contributed by atoms with Crippen molar-refractivity contribution in [2.45, 2.75) is 19.8 Å². The molecule has 0 aliphatic carbocycles. The van der Waals surface area contributed by atoms with Gasteiger partial charge < -0.3 is 14.2 Å². The minimum atomic E-state index is -3.38. The van der Waals surface area contributed by atoms with Crippen LogP contribution in [0.2, 0.25) is 0 Å². The van der Waals surface area contributed by atoms with Crippen LogP contribution in [-0.2, 0) is 0 Å². The monoisotopic (exact) mass is 357 g/mol. The van der Waals surface area contributed by atoms with Gasteiger partial charge in [-0.15, -0.1) is 5.10 Å². The highest BCUT2D eigenvalue weighted by Crippen LogP contribution is 2.33. The number of hydrogen-bond donors (Lipinski definition) is 1. The molecule has 0 aromatic carbocycles. The summed E-state index contributed by atoms with van der Waals surface area (Å²) in [7, 11) is 0. The third-order valence-corrected chi connectivity index (χ3v) is 2.32. The van der Waals surface area contributed by atoms with Crippen molar-refractivity contribution in [3.63, 3.8) is 0 Å². The summed E-state index contributed by atoms with van der Waals surface area (Å²) in [6.07, 6.45) is 0.659. The third kappa shape index (κ3) is 3.80. The van der Waals surface area contributed by atoms with Crippen LogP contribution < -0.4 is 14.2 Å². The molecule has 0 bridgehead atoms. The zero-order valence-corrected chi connectivity index (χ0v) is 11.1. The van der Waals surface area contributed by atoms with Crippen molar-refractivity contribution >= 4 is 0 Å². The first-order chi connectivity index (χ1) is 11.3. The number of aromatic amines is 1. The highest BCUT2D eigenvalue weighted by Gasteiger charge is 2.26. The van der Waals surface area contributed by atoms with Crippen molar-refractivity contribution in [2.24, 2.45) is 0 Å². The van der Waals surface area contributed by atoms with Gasteiger partial charge in [-0.1, -0.05) is 0 Å². The van der Waals surface area contributed by atoms with E-state index in [2.05, 4.69) is 24.4 Å². The molecule has 2 aromatic heterocycles. The highest BCUT2D eigenvalue weighted by atomic mass is 19.3. The van der Waals surface area contributed by atoms with Crippen molar-refractivity contribution < 1.29 is 40.6 Å². The maximum Gasteiger partial charge on any atom is 0.388 e. The van der Waals surface area contributed by atoms with Crippen molar-refractivity contribution in [1.82, 2.24) is 20.0 Å². The summed E-state index contributed by atoms with van der Waals surface area (Å²) in [6.45, 7) is -10.1. The van der Waals surface area contributed by atoms with E-state index < -0.39 is 48.7 Å². The van der Waals surface area contributed by atoms with Crippen LogP contribution in [0.5, 0.6) is 17.5 Å². The third-order valence-electron chi connectivity index (χ3n) is 2.32. The first kappa shape index (κ1) is 17.2. The van der Waals surface area contributed by atoms with E-state index in [9.17, 15) is 26.3 Å². The molecule has 0 aliphatic rings. The summed E-state index contributed by atoms with van der Waals surface area (Å²) < 4.78 is 86.4. The van der Waals surface area contributed by atoms with Gasteiger partial charge in [-0.3, -0.25) is 0 Å². The van der Waals surface area contributed by atoms with Crippen molar-refractivity contribution in [1.29, 1.82) is 5.26 Å². The van der Waals surface area contributed by atoms with Crippen LogP contribution in [0.15, 0.2) is 6.20 Å². The molecule has 130 valence electrons. The molecule has 2 rings (SSSR count). The Morgan fingerprint density at radius 2 is 1.67 bits per heavy atom. The van der Waals surface area contributed by atoms with Gasteiger partial charge in [-0.05, 0) is 0 Å². The number of nitriles is 1. The lowest BCUT2D eigenvalue weighted by molar-refractivity contribution is -0.0542. The molecule has 0 unspecified atom stereocenters. The lowest BCUT2D eigenvalue weighted by Gasteiger charge is -2.07. The number of nitrogens with one attached hydrogen (secondary N) is 1. The maximum absolute atomic E-state index is 12.3. The summed E-state index contributed by atoms with van der Waals surface area (Å²) in [4.78, 5) is 0. The second-order valence-corrected chi connectivity index (χ2v) is 3.74. The fourth-order valence-corrected chi connectivity index (χ4v) is 1.58. The van der Waals surface area contributed by atoms with E-state index in [1.54, 1.807) is 0 Å². The molecule has 0 aliphatic heterocycles. The van der Waals surface area contributed by atoms with Crippen LogP contribution in [0, 0.1) is 11.3 Å². The number of ether oxygens (including phenoxy) is 3. The van der Waals surface area contributed by atoms with E-state index in [-0.39, 0.29) is 0 Å². The van der Waals surface area contributed by atoms with Crippen LogP contribution in [0.25, 0.3) is 5.69 Å². The molecular formula is C10H5F6N5O3. The molecular weight excluding hydrogens is 352 g/mol. The van der Waals surface area contributed by atoms with Gasteiger partial charge in [0.15, 0.2) is 11.4 Å². The Balaban J connectivity index is 2.51. The molecule has 0 saturated carbocycles. The SMILES string of the molecule is N#Cc1nn(-c2c(OC(F)F)n[nH]c2OC(F)F)cc1OC(F)F. The Morgan fingerprint density at radius 1 is 1.04 bits per heavy atom. The summed E-state index contributed by atoms with van der Waals surface area (Å²) in [5.74, 6) is -2.49. The first-order valence-electron chi connectivity index (χ1n) is 5.74. The molecule has 0 spiro atoms. The van der Waals surface area contributed by atoms with Crippen LogP contribution in [0.1, 0.15) is 5.69 Å². The molecule has 0 saturated heterocycles. The van der Waals surface area contributed by atoms with Gasteiger partial charge in [0, 0.05) is 0 Å². The van der Waals surface area contributed by atoms with Crippen LogP contribution >= 0.6 is 0 Å². The van der Waals surface area contributed by atoms with Gasteiger partial charge in [-0.2, -0.15) is 36.7 Å². The lowest BCUT2D eigenvalue weighted by atomic mass is 10.4. The molecule has 14 heteroatoms. The summed E-state index contributed by atoms with van der Waals surface area (Å²) >= 11 is 0. The highest BCUT2D eigenvalue weighted by molar-refractivity contribution is 5.52. The Labute approximate surface area is 128 Å². The number of hydrogen-bond acceptors (Lipinski definition) is 6. The Hall–Kier alpha value is -3.11. The van der Waals surface area contributed by atoms with Gasteiger partial charge in [-0.25, -0.2) is 9.78 Å². The smallest absolute Gasteiger partial charge is 0.388 e. The lowest BCUT2D eigenvalue weighted by Crippen LogP contribution is -2.08. The van der Waals surface area contributed by atoms with Gasteiger partial charge in [0.25, 0.3) is 5.88 Å². The number of nitrogens with zero attached hydrogens (tertiary/aromatic N) is 4. The van der Waals surface area contributed by atoms with Crippen LogP contribution in [0.3, 0.4) is 0 Å². The van der Waals surface area contributed by atoms with E-state index in [4.69, 9.17) is 5.26 Å². The maximum atomic E-state index is 12.3. The predicted octanol–water partition coefficient (Wildman–Crippen LogP) is 2.27. The molecule has 8 nitrogen and oxygen atoms in total. The summed E-state index contributed by atoms with van der Waals surface area (Å²) in [5, 5.41) is 17.3. The number of halogens is 6. The van der Waals surface area contributed by atoms with Gasteiger partial charge >= 0.3 is 19.8 Å². The summed E-state index contributed by atoms with van der Waals surface area (Å²) in [6, 6.07) is 1.40. The van der Waals surface area contributed by atoms with Crippen molar-refractivity contribution in [3.05, 3.63) is 11.9 Å². The largest absolute Gasteiger partial charge is 0.430 e. The van der Waals surface area contributed by atoms with Gasteiger partial charge in [0.2, 0.25) is 11.6 Å². The second kappa shape index (κ2) is 6.98. The molecule has 2 heterocycles. The molecule has 2 aromatic rings. The van der Waals surface area contributed by atoms with E-state index in [0.717, 1.165) is 0 Å². The van der Waals surface area contributed by atoms with Gasteiger partial charge in [0.1, 0.15) is 6.07 Å². The standard InChI is InChI=1S/C10H5F6N5O3/c11-8(12)22-4-2-21(20-3(4)1-17)5-6(23-9(13)14)18-19-7(5)24-10(15)16/h2,8-10H,(H,18,19). The second-order valence-electron chi connectivity index (χ2n) is 3.74. The quantitative estimate of drug-likeness (QED) is 0.764. The normalized spacial score (nSPS) is 11.2. The molecule has 0 fully saturated rings. The average Bonchev–Trinajstić information content (AvgIpc) is 3.01. The van der Waals surface area contributed by atoms with E-state index >= 15 is 0 Å². The number of aromatic nitrogens is 4. The topological polar surface area (TPSA) is 98.0 Å². The van der Waals surface area contributed by atoms with Gasteiger partial charge in [0.05, 0.1) is 6.20 Å². The zero-order valence-electron chi connectivity index (χ0n) is 11.1. The van der Waals surface area contributed by atoms with E-state index in [1.165, 1.54) is 6.07 Å². The minimum Gasteiger partial charge on any atom is -0.430 e. The van der Waals surface area contributed by atoms with Crippen molar-refractivity contribution in [2.75, 3.05) is 0 Å². The van der Waals surface area contributed by atoms with Crippen molar-refractivity contribution in [3.8, 4) is 29.3 Å². The Morgan fingerprint density at radius 3 is 2.21 bits per heavy atom. The van der Waals surface area contributed by atoms with Crippen LogP contribution in [0.4, 0.5) is 26.3 Å². The van der Waals surface area contributed by atoms with Crippen LogP contribution in [-0.4, -0.2) is 39.8 Å². The predicted molar refractivity (Wildman–Crippen MR) is 60.3 cm³/mol. The number of rotatable bonds is 7. The molecule has 0 amide bonds.